The second-order valence-corrected chi connectivity index (χ2v) is 15.1. The summed E-state index contributed by atoms with van der Waals surface area (Å²) in [5.74, 6) is -0.253. The maximum Gasteiger partial charge on any atom is 0.737 e. The van der Waals surface area contributed by atoms with Crippen LogP contribution in [0, 0.1) is 0 Å². The summed E-state index contributed by atoms with van der Waals surface area (Å²) in [7, 11) is 0. The molecule has 13 nitrogen and oxygen atoms in total. The molecule has 1 saturated heterocycles. The zero-order valence-electron chi connectivity index (χ0n) is 31.3. The molecule has 8 rings (SSSR count). The summed E-state index contributed by atoms with van der Waals surface area (Å²) in [5.41, 5.74) is 3.22. The first-order valence-electron chi connectivity index (χ1n) is 19.2. The number of halogens is 2. The number of rotatable bonds is 15. The van der Waals surface area contributed by atoms with Gasteiger partial charge in [0.1, 0.15) is 0 Å². The van der Waals surface area contributed by atoms with Crippen molar-refractivity contribution in [1.29, 1.82) is 0 Å². The van der Waals surface area contributed by atoms with Crippen LogP contribution in [-0.2, 0) is 25.5 Å². The average Bonchev–Trinajstić information content (AvgIpc) is 3.98. The van der Waals surface area contributed by atoms with E-state index < -0.39 is 6.97 Å². The van der Waals surface area contributed by atoms with Crippen LogP contribution in [0.4, 0.5) is 25.8 Å². The third-order valence-corrected chi connectivity index (χ3v) is 11.4. The molecule has 17 heteroatoms. The number of allylic oxidation sites excluding steroid dienone is 2. The third kappa shape index (κ3) is 8.24. The van der Waals surface area contributed by atoms with E-state index in [1.54, 1.807) is 71.8 Å². The van der Waals surface area contributed by atoms with Crippen LogP contribution in [0.25, 0.3) is 6.08 Å². The Kier molecular flexibility index (Phi) is 11.5. The van der Waals surface area contributed by atoms with Crippen molar-refractivity contribution in [2.24, 2.45) is 0 Å². The lowest BCUT2D eigenvalue weighted by Crippen LogP contribution is -2.50. The monoisotopic (exact) mass is 796 g/mol. The molecule has 3 amide bonds. The number of anilines is 3. The van der Waals surface area contributed by atoms with Crippen LogP contribution < -0.4 is 15.5 Å². The third-order valence-electron chi connectivity index (χ3n) is 10.5. The van der Waals surface area contributed by atoms with E-state index in [0.717, 1.165) is 33.5 Å². The topological polar surface area (TPSA) is 124 Å². The highest BCUT2D eigenvalue weighted by molar-refractivity contribution is 7.12. The molecule has 0 radical (unpaired) electrons. The molecular weight excluding hydrogens is 753 g/mol. The molecular formula is C40H43BF2N8O5S. The first kappa shape index (κ1) is 38.5. The molecule has 0 bridgehead atoms. The van der Waals surface area contributed by atoms with Crippen molar-refractivity contribution >= 4 is 65.0 Å². The van der Waals surface area contributed by atoms with Gasteiger partial charge in [-0.15, -0.1) is 11.3 Å². The Morgan fingerprint density at radius 1 is 0.930 bits per heavy atom. The number of fused-ring (bicyclic) bond motifs is 4. The summed E-state index contributed by atoms with van der Waals surface area (Å²) >= 11 is 1.42. The smallest absolute Gasteiger partial charge is 0.394 e. The Labute approximate surface area is 332 Å². The number of thiophene rings is 1. The van der Waals surface area contributed by atoms with Gasteiger partial charge in [-0.1, -0.05) is 18.2 Å². The molecule has 4 aliphatic rings. The molecule has 0 spiro atoms. The standard InChI is InChI=1S/C40H43BF2N8O5S/c42-41(43)50-29(9-10-30(50)27-31-11-13-35(51(31)41)36-8-4-26-57-36)12-14-37(52)44-16-22-55-24-25-56-23-21-47-17-19-48(20-18-47)28-38(53)49-34-7-2-1-5-32(34)40(54)46-33-6-3-15-45-39(33)49/h1-11,13,15,26-27H,12,14,16-25,28H2,(H,44,52)(H,46,54). The fraction of sp³-hybridized carbons (Fsp3) is 0.325. The lowest BCUT2D eigenvalue weighted by molar-refractivity contribution is -0.360. The van der Waals surface area contributed by atoms with Crippen LogP contribution in [0.3, 0.4) is 0 Å². The van der Waals surface area contributed by atoms with E-state index in [-0.39, 0.29) is 37.1 Å². The minimum atomic E-state index is -4.13. The molecule has 0 aliphatic carbocycles. The van der Waals surface area contributed by atoms with E-state index in [0.29, 0.717) is 91.6 Å². The number of pyridine rings is 1. The number of ether oxygens (including phenoxy) is 2. The Bertz CT molecular complexity index is 2230. The van der Waals surface area contributed by atoms with Gasteiger partial charge in [-0.05, 0) is 60.0 Å². The summed E-state index contributed by atoms with van der Waals surface area (Å²) in [4.78, 5) is 50.3. The van der Waals surface area contributed by atoms with E-state index in [4.69, 9.17) is 9.47 Å². The van der Waals surface area contributed by atoms with Crippen LogP contribution in [0.1, 0.15) is 33.0 Å². The number of aryl methyl sites for hydroxylation is 1. The zero-order valence-corrected chi connectivity index (χ0v) is 32.1. The van der Waals surface area contributed by atoms with Gasteiger partial charge >= 0.3 is 6.97 Å². The second kappa shape index (κ2) is 17.0. The van der Waals surface area contributed by atoms with Crippen molar-refractivity contribution in [3.63, 3.8) is 0 Å². The van der Waals surface area contributed by atoms with E-state index in [1.807, 2.05) is 23.6 Å². The largest absolute Gasteiger partial charge is 0.737 e. The number of benzene rings is 1. The molecule has 4 aliphatic heterocycles. The molecule has 2 N–H and O–H groups in total. The summed E-state index contributed by atoms with van der Waals surface area (Å²) in [5, 5.41) is 7.56. The number of carbonyl (C=O) groups excluding carboxylic acids is 3. The summed E-state index contributed by atoms with van der Waals surface area (Å²) in [6.07, 6.45) is 7.09. The quantitative estimate of drug-likeness (QED) is 0.136. The molecule has 0 atom stereocenters. The van der Waals surface area contributed by atoms with Crippen molar-refractivity contribution in [3.05, 3.63) is 112 Å². The average molecular weight is 797 g/mol. The van der Waals surface area contributed by atoms with E-state index >= 15 is 8.63 Å². The number of nitrogens with one attached hydrogen (secondary N) is 2. The van der Waals surface area contributed by atoms with Crippen molar-refractivity contribution in [3.8, 4) is 0 Å². The van der Waals surface area contributed by atoms with Gasteiger partial charge in [0.2, 0.25) is 11.8 Å². The predicted octanol–water partition coefficient (Wildman–Crippen LogP) is 4.22. The Morgan fingerprint density at radius 2 is 1.74 bits per heavy atom. The molecule has 1 aromatic carbocycles. The lowest BCUT2D eigenvalue weighted by Gasteiger charge is -2.35. The number of hydrogen-bond acceptors (Lipinski definition) is 9. The normalized spacial score (nSPS) is 17.3. The van der Waals surface area contributed by atoms with Crippen molar-refractivity contribution in [2.75, 3.05) is 82.5 Å². The van der Waals surface area contributed by atoms with Gasteiger partial charge in [0.05, 0.1) is 54.8 Å². The molecule has 296 valence electrons. The summed E-state index contributed by atoms with van der Waals surface area (Å²) in [6, 6.07) is 17.6. The molecule has 1 fully saturated rings. The number of aromatic nitrogens is 2. The number of carbonyl (C=O) groups is 3. The van der Waals surface area contributed by atoms with Crippen LogP contribution >= 0.6 is 11.3 Å². The number of para-hydroxylation sites is 1. The Morgan fingerprint density at radius 3 is 2.56 bits per heavy atom. The van der Waals surface area contributed by atoms with Gasteiger partial charge in [0.15, 0.2) is 17.2 Å². The minimum absolute atomic E-state index is 0.0818. The lowest BCUT2D eigenvalue weighted by atomic mass is 9.90. The molecule has 7 heterocycles. The van der Waals surface area contributed by atoms with E-state index in [9.17, 15) is 14.4 Å². The maximum atomic E-state index is 16.0. The Hall–Kier alpha value is -5.33. The molecule has 0 saturated carbocycles. The first-order chi connectivity index (χ1) is 27.8. The fourth-order valence-electron chi connectivity index (χ4n) is 7.66. The van der Waals surface area contributed by atoms with Crippen LogP contribution in [-0.4, -0.2) is 126 Å². The fourth-order valence-corrected chi connectivity index (χ4v) is 8.41. The predicted molar refractivity (Wildman–Crippen MR) is 215 cm³/mol. The molecule has 3 aromatic heterocycles. The SMILES string of the molecule is O=C(CCc1ccc2n1[B-](F)(F)[N+]1=C(c3cccs3)C=CC1=C2)NCCOCCOCCN1CCN(CC(=O)N2c3ccccc3C(=O)Nc3cccnc32)CC1. The van der Waals surface area contributed by atoms with Crippen molar-refractivity contribution in [1.82, 2.24) is 24.6 Å². The number of nitrogens with zero attached hydrogens (tertiary/aromatic N) is 6. The maximum absolute atomic E-state index is 16.0. The van der Waals surface area contributed by atoms with Crippen LogP contribution in [0.2, 0.25) is 0 Å². The highest BCUT2D eigenvalue weighted by atomic mass is 32.1. The molecule has 0 unspecified atom stereocenters. The van der Waals surface area contributed by atoms with Gasteiger partial charge in [0.25, 0.3) is 5.91 Å². The van der Waals surface area contributed by atoms with Gasteiger partial charge < -0.3 is 37.7 Å². The number of piperazine rings is 1. The van der Waals surface area contributed by atoms with Gasteiger partial charge in [-0.25, -0.2) is 4.98 Å². The summed E-state index contributed by atoms with van der Waals surface area (Å²) in [6.45, 7) is 1.78. The van der Waals surface area contributed by atoms with Gasteiger partial charge in [-0.2, -0.15) is 0 Å². The van der Waals surface area contributed by atoms with E-state index in [1.165, 1.54) is 11.3 Å². The van der Waals surface area contributed by atoms with Gasteiger partial charge in [0, 0.05) is 75.8 Å². The van der Waals surface area contributed by atoms with Crippen LogP contribution in [0.5, 0.6) is 0 Å². The van der Waals surface area contributed by atoms with E-state index in [2.05, 4.69) is 25.4 Å². The molecule has 57 heavy (non-hydrogen) atoms. The Balaban J connectivity index is 0.700. The zero-order chi connectivity index (χ0) is 39.4. The summed E-state index contributed by atoms with van der Waals surface area (Å²) < 4.78 is 45.6. The van der Waals surface area contributed by atoms with Gasteiger partial charge in [-0.3, -0.25) is 29.1 Å². The van der Waals surface area contributed by atoms with Crippen molar-refractivity contribution < 1.29 is 37.0 Å². The van der Waals surface area contributed by atoms with Crippen LogP contribution in [0.15, 0.2) is 90.1 Å². The number of hydrogen-bond donors (Lipinski definition) is 2. The highest BCUT2D eigenvalue weighted by Crippen LogP contribution is 2.37. The second-order valence-electron chi connectivity index (χ2n) is 14.1. The molecule has 4 aromatic rings. The van der Waals surface area contributed by atoms with Crippen molar-refractivity contribution in [2.45, 2.75) is 12.8 Å². The minimum Gasteiger partial charge on any atom is -0.394 e. The number of amides is 3. The first-order valence-corrected chi connectivity index (χ1v) is 20.0. The highest BCUT2D eigenvalue weighted by Gasteiger charge is 2.52.